The smallest absolute Gasteiger partial charge is 0.263 e. The number of aromatic nitrogens is 1. The molecule has 2 aromatic carbocycles. The Hall–Kier alpha value is -1.75. The number of sulfonamides is 1. The normalized spacial score (nSPS) is 18.0. The minimum absolute atomic E-state index is 0.0692. The second-order valence-electron chi connectivity index (χ2n) is 7.89. The van der Waals surface area contributed by atoms with E-state index in [0.29, 0.717) is 43.3 Å². The highest BCUT2D eigenvalue weighted by Gasteiger charge is 2.31. The number of benzene rings is 2. The highest BCUT2D eigenvalue weighted by Crippen LogP contribution is 2.35. The first-order valence-corrected chi connectivity index (χ1v) is 13.5. The molecule has 2 N–H and O–H groups in total. The molecule has 1 atom stereocenters. The highest BCUT2D eigenvalue weighted by atomic mass is 79.9. The molecule has 0 unspecified atom stereocenters. The number of ether oxygens (including phenoxy) is 2. The standard InChI is InChI=1S/C22H19BrCl3N3O4S/c1-22(4-5-27-12-22)33-20-9-15(2-3-19(20)26)29-34(30,31)17-10-18(23)21(28-11-17)32-16-7-13(24)6-14(25)8-16/h2-3,6-11,27,29H,4-5,12H2,1H3/t22-/m1/s1. The van der Waals surface area contributed by atoms with Crippen molar-refractivity contribution >= 4 is 66.4 Å². The van der Waals surface area contributed by atoms with E-state index in [2.05, 4.69) is 31.0 Å². The summed E-state index contributed by atoms with van der Waals surface area (Å²) in [5, 5.41) is 4.42. The van der Waals surface area contributed by atoms with Crippen LogP contribution < -0.4 is 19.5 Å². The number of pyridine rings is 1. The van der Waals surface area contributed by atoms with Gasteiger partial charge in [0.2, 0.25) is 5.88 Å². The van der Waals surface area contributed by atoms with E-state index in [1.54, 1.807) is 36.4 Å². The van der Waals surface area contributed by atoms with E-state index < -0.39 is 15.6 Å². The van der Waals surface area contributed by atoms with Gasteiger partial charge >= 0.3 is 0 Å². The number of hydrogen-bond donors (Lipinski definition) is 2. The fraction of sp³-hybridized carbons (Fsp3) is 0.227. The molecule has 0 aliphatic carbocycles. The van der Waals surface area contributed by atoms with Gasteiger partial charge in [-0.3, -0.25) is 4.72 Å². The Balaban J connectivity index is 1.53. The van der Waals surface area contributed by atoms with E-state index in [9.17, 15) is 8.42 Å². The van der Waals surface area contributed by atoms with E-state index >= 15 is 0 Å². The van der Waals surface area contributed by atoms with Gasteiger partial charge < -0.3 is 14.8 Å². The third kappa shape index (κ3) is 6.08. The van der Waals surface area contributed by atoms with E-state index in [1.165, 1.54) is 12.3 Å². The van der Waals surface area contributed by atoms with Crippen LogP contribution in [-0.4, -0.2) is 32.1 Å². The zero-order chi connectivity index (χ0) is 24.5. The molecular formula is C22H19BrCl3N3O4S. The van der Waals surface area contributed by atoms with E-state index in [4.69, 9.17) is 44.3 Å². The Morgan fingerprint density at radius 1 is 1.12 bits per heavy atom. The van der Waals surface area contributed by atoms with Crippen LogP contribution in [-0.2, 0) is 10.0 Å². The average Bonchev–Trinajstić information content (AvgIpc) is 3.17. The van der Waals surface area contributed by atoms with Gasteiger partial charge in [0, 0.05) is 29.1 Å². The lowest BCUT2D eigenvalue weighted by Crippen LogP contribution is -2.34. The third-order valence-corrected chi connectivity index (χ3v) is 7.68. The lowest BCUT2D eigenvalue weighted by molar-refractivity contribution is 0.111. The van der Waals surface area contributed by atoms with Crippen molar-refractivity contribution in [2.75, 3.05) is 17.8 Å². The first-order chi connectivity index (χ1) is 16.0. The van der Waals surface area contributed by atoms with Crippen LogP contribution in [0.2, 0.25) is 15.1 Å². The van der Waals surface area contributed by atoms with Gasteiger partial charge in [0.05, 0.1) is 21.4 Å². The first-order valence-electron chi connectivity index (χ1n) is 10.0. The molecule has 0 spiro atoms. The van der Waals surface area contributed by atoms with Crippen LogP contribution in [0.15, 0.2) is 58.0 Å². The molecule has 4 rings (SSSR count). The lowest BCUT2D eigenvalue weighted by atomic mass is 10.1. The molecule has 1 aromatic heterocycles. The Kier molecular flexibility index (Phi) is 7.52. The molecule has 12 heteroatoms. The van der Waals surface area contributed by atoms with Gasteiger partial charge in [-0.05, 0) is 65.8 Å². The summed E-state index contributed by atoms with van der Waals surface area (Å²) in [7, 11) is -3.96. The predicted molar refractivity (Wildman–Crippen MR) is 137 cm³/mol. The summed E-state index contributed by atoms with van der Waals surface area (Å²) in [6.45, 7) is 3.49. The van der Waals surface area contributed by atoms with Crippen LogP contribution >= 0.6 is 50.7 Å². The van der Waals surface area contributed by atoms with Crippen molar-refractivity contribution in [2.45, 2.75) is 23.8 Å². The van der Waals surface area contributed by atoms with Crippen LogP contribution in [0.25, 0.3) is 0 Å². The second kappa shape index (κ2) is 10.1. The average molecular weight is 608 g/mol. The maximum Gasteiger partial charge on any atom is 0.263 e. The molecule has 1 fully saturated rings. The van der Waals surface area contributed by atoms with E-state index in [-0.39, 0.29) is 10.8 Å². The number of nitrogens with one attached hydrogen (secondary N) is 2. The molecule has 0 amide bonds. The van der Waals surface area contributed by atoms with Crippen LogP contribution in [0.1, 0.15) is 13.3 Å². The Morgan fingerprint density at radius 3 is 2.50 bits per heavy atom. The van der Waals surface area contributed by atoms with E-state index in [0.717, 1.165) is 13.0 Å². The number of halogens is 4. The fourth-order valence-corrected chi connectivity index (χ4v) is 5.60. The van der Waals surface area contributed by atoms with Crippen LogP contribution in [0.4, 0.5) is 5.69 Å². The molecule has 7 nitrogen and oxygen atoms in total. The monoisotopic (exact) mass is 605 g/mol. The number of hydrogen-bond acceptors (Lipinski definition) is 6. The van der Waals surface area contributed by atoms with Crippen molar-refractivity contribution in [3.05, 3.63) is 68.2 Å². The maximum atomic E-state index is 13.0. The minimum Gasteiger partial charge on any atom is -0.485 e. The molecule has 1 aliphatic rings. The van der Waals surface area contributed by atoms with Crippen LogP contribution in [0, 0.1) is 0 Å². The van der Waals surface area contributed by atoms with E-state index in [1.807, 2.05) is 6.92 Å². The SMILES string of the molecule is C[C@@]1(Oc2cc(NS(=O)(=O)c3cnc(Oc4cc(Cl)cc(Cl)c4)c(Br)c3)ccc2Cl)CCNC1. The molecule has 1 aliphatic heterocycles. The molecule has 0 radical (unpaired) electrons. The van der Waals surface area contributed by atoms with Crippen molar-refractivity contribution in [3.8, 4) is 17.4 Å². The molecule has 180 valence electrons. The zero-order valence-electron chi connectivity index (χ0n) is 17.7. The Labute approximate surface area is 220 Å². The van der Waals surface area contributed by atoms with Gasteiger partial charge in [-0.25, -0.2) is 13.4 Å². The molecule has 1 saturated heterocycles. The first kappa shape index (κ1) is 25.3. The van der Waals surface area contributed by atoms with Gasteiger partial charge in [-0.1, -0.05) is 34.8 Å². The number of rotatable bonds is 7. The predicted octanol–water partition coefficient (Wildman–Crippen LogP) is 6.53. The van der Waals surface area contributed by atoms with Gasteiger partial charge in [-0.2, -0.15) is 0 Å². The summed E-state index contributed by atoms with van der Waals surface area (Å²) in [5.41, 5.74) is -0.113. The minimum atomic E-state index is -3.96. The summed E-state index contributed by atoms with van der Waals surface area (Å²) in [6.07, 6.45) is 2.00. The largest absolute Gasteiger partial charge is 0.485 e. The fourth-order valence-electron chi connectivity index (χ4n) is 3.33. The second-order valence-corrected chi connectivity index (χ2v) is 11.7. The van der Waals surface area contributed by atoms with Crippen LogP contribution in [0.3, 0.4) is 0 Å². The van der Waals surface area contributed by atoms with Gasteiger partial charge in [0.1, 0.15) is 22.0 Å². The van der Waals surface area contributed by atoms with Gasteiger partial charge in [0.25, 0.3) is 10.0 Å². The van der Waals surface area contributed by atoms with Crippen molar-refractivity contribution in [2.24, 2.45) is 0 Å². The number of anilines is 1. The summed E-state index contributed by atoms with van der Waals surface area (Å²) in [6, 6.07) is 10.8. The van der Waals surface area contributed by atoms with Crippen molar-refractivity contribution < 1.29 is 17.9 Å². The summed E-state index contributed by atoms with van der Waals surface area (Å²) in [4.78, 5) is 4.05. The summed E-state index contributed by atoms with van der Waals surface area (Å²) in [5.74, 6) is 0.911. The van der Waals surface area contributed by atoms with Crippen molar-refractivity contribution in [1.29, 1.82) is 0 Å². The Bertz CT molecular complexity index is 1310. The summed E-state index contributed by atoms with van der Waals surface area (Å²) >= 11 is 21.6. The molecule has 0 saturated carbocycles. The maximum absolute atomic E-state index is 13.0. The Morgan fingerprint density at radius 2 is 1.85 bits per heavy atom. The van der Waals surface area contributed by atoms with Gasteiger partial charge in [-0.15, -0.1) is 0 Å². The topological polar surface area (TPSA) is 89.5 Å². The molecule has 0 bridgehead atoms. The zero-order valence-corrected chi connectivity index (χ0v) is 22.4. The van der Waals surface area contributed by atoms with Crippen LogP contribution in [0.5, 0.6) is 17.4 Å². The molecule has 34 heavy (non-hydrogen) atoms. The molecule has 3 aromatic rings. The third-order valence-electron chi connectivity index (χ3n) is 5.01. The van der Waals surface area contributed by atoms with Crippen molar-refractivity contribution in [3.63, 3.8) is 0 Å². The quantitative estimate of drug-likeness (QED) is 0.318. The molecular weight excluding hydrogens is 589 g/mol. The highest BCUT2D eigenvalue weighted by molar-refractivity contribution is 9.10. The molecule has 2 heterocycles. The summed E-state index contributed by atoms with van der Waals surface area (Å²) < 4.78 is 40.6. The van der Waals surface area contributed by atoms with Gasteiger partial charge in [0.15, 0.2) is 0 Å². The number of nitrogens with zero attached hydrogens (tertiary/aromatic N) is 1. The lowest BCUT2D eigenvalue weighted by Gasteiger charge is -2.25. The van der Waals surface area contributed by atoms with Crippen molar-refractivity contribution in [1.82, 2.24) is 10.3 Å².